The van der Waals surface area contributed by atoms with E-state index in [1.165, 1.54) is 0 Å². The standard InChI is InChI=1S/C10H6ClIN2O/c11-9-3-1-2-7(6-15)10(9)14-5-8(12)4-13-14/h1-6H. The summed E-state index contributed by atoms with van der Waals surface area (Å²) in [4.78, 5) is 10.9. The summed E-state index contributed by atoms with van der Waals surface area (Å²) >= 11 is 8.18. The molecule has 1 aromatic heterocycles. The number of para-hydroxylation sites is 1. The summed E-state index contributed by atoms with van der Waals surface area (Å²) in [6.45, 7) is 0. The van der Waals surface area contributed by atoms with E-state index < -0.39 is 0 Å². The molecule has 76 valence electrons. The van der Waals surface area contributed by atoms with E-state index in [4.69, 9.17) is 11.6 Å². The molecule has 0 N–H and O–H groups in total. The van der Waals surface area contributed by atoms with E-state index in [1.54, 1.807) is 29.1 Å². The molecule has 2 aromatic rings. The van der Waals surface area contributed by atoms with E-state index in [1.807, 2.05) is 6.20 Å². The first kappa shape index (κ1) is 10.6. The molecular formula is C10H6ClIN2O. The van der Waals surface area contributed by atoms with Crippen LogP contribution >= 0.6 is 34.2 Å². The molecule has 0 amide bonds. The number of hydrogen-bond acceptors (Lipinski definition) is 2. The zero-order valence-electron chi connectivity index (χ0n) is 7.52. The SMILES string of the molecule is O=Cc1cccc(Cl)c1-n1cc(I)cn1. The van der Waals surface area contributed by atoms with Gasteiger partial charge in [-0.2, -0.15) is 5.10 Å². The van der Waals surface area contributed by atoms with Crippen LogP contribution in [0.25, 0.3) is 5.69 Å². The van der Waals surface area contributed by atoms with Crippen LogP contribution in [0.4, 0.5) is 0 Å². The molecule has 1 heterocycles. The van der Waals surface area contributed by atoms with Crippen molar-refractivity contribution in [3.8, 4) is 5.69 Å². The first-order valence-electron chi connectivity index (χ1n) is 4.16. The van der Waals surface area contributed by atoms with Crippen LogP contribution in [0.1, 0.15) is 10.4 Å². The quantitative estimate of drug-likeness (QED) is 0.626. The summed E-state index contributed by atoms with van der Waals surface area (Å²) in [7, 11) is 0. The van der Waals surface area contributed by atoms with Crippen molar-refractivity contribution >= 4 is 40.5 Å². The van der Waals surface area contributed by atoms with Gasteiger partial charge in [0.1, 0.15) is 0 Å². The Hall–Kier alpha value is -0.880. The fraction of sp³-hybridized carbons (Fsp3) is 0. The van der Waals surface area contributed by atoms with E-state index >= 15 is 0 Å². The van der Waals surface area contributed by atoms with Gasteiger partial charge in [-0.15, -0.1) is 0 Å². The highest BCUT2D eigenvalue weighted by Gasteiger charge is 2.09. The molecule has 3 nitrogen and oxygen atoms in total. The maximum Gasteiger partial charge on any atom is 0.152 e. The summed E-state index contributed by atoms with van der Waals surface area (Å²) in [6.07, 6.45) is 4.29. The predicted octanol–water partition coefficient (Wildman–Crippen LogP) is 2.94. The van der Waals surface area contributed by atoms with Gasteiger partial charge in [0.05, 0.1) is 20.5 Å². The van der Waals surface area contributed by atoms with Crippen molar-refractivity contribution in [1.29, 1.82) is 0 Å². The van der Waals surface area contributed by atoms with E-state index in [0.29, 0.717) is 16.3 Å². The molecule has 0 unspecified atom stereocenters. The number of benzene rings is 1. The number of aromatic nitrogens is 2. The second-order valence-electron chi connectivity index (χ2n) is 2.90. The third kappa shape index (κ3) is 2.05. The van der Waals surface area contributed by atoms with Crippen molar-refractivity contribution in [2.75, 3.05) is 0 Å². The summed E-state index contributed by atoms with van der Waals surface area (Å²) in [6, 6.07) is 5.19. The zero-order chi connectivity index (χ0) is 10.8. The highest BCUT2D eigenvalue weighted by Crippen LogP contribution is 2.23. The van der Waals surface area contributed by atoms with Crippen LogP contribution < -0.4 is 0 Å². The fourth-order valence-corrected chi connectivity index (χ4v) is 1.95. The van der Waals surface area contributed by atoms with E-state index in [-0.39, 0.29) is 0 Å². The molecule has 2 rings (SSSR count). The molecule has 0 saturated carbocycles. The number of carbonyl (C=O) groups is 1. The minimum Gasteiger partial charge on any atom is -0.298 e. The van der Waals surface area contributed by atoms with E-state index in [0.717, 1.165) is 9.86 Å². The lowest BCUT2D eigenvalue weighted by molar-refractivity contribution is 0.112. The molecule has 0 aliphatic heterocycles. The van der Waals surface area contributed by atoms with Crippen LogP contribution in [0.5, 0.6) is 0 Å². The third-order valence-corrected chi connectivity index (χ3v) is 2.79. The van der Waals surface area contributed by atoms with Gasteiger partial charge >= 0.3 is 0 Å². The first-order chi connectivity index (χ1) is 7.22. The topological polar surface area (TPSA) is 34.9 Å². The third-order valence-electron chi connectivity index (χ3n) is 1.93. The maximum atomic E-state index is 10.9. The average molecular weight is 333 g/mol. The summed E-state index contributed by atoms with van der Waals surface area (Å²) < 4.78 is 2.60. The van der Waals surface area contributed by atoms with Crippen molar-refractivity contribution in [1.82, 2.24) is 9.78 Å². The number of aldehydes is 1. The van der Waals surface area contributed by atoms with E-state index in [9.17, 15) is 4.79 Å². The summed E-state index contributed by atoms with van der Waals surface area (Å²) in [5.74, 6) is 0. The Morgan fingerprint density at radius 3 is 2.87 bits per heavy atom. The highest BCUT2D eigenvalue weighted by atomic mass is 127. The molecule has 0 aliphatic carbocycles. The van der Waals surface area contributed by atoms with Gasteiger partial charge in [0.15, 0.2) is 6.29 Å². The second-order valence-corrected chi connectivity index (χ2v) is 4.55. The normalized spacial score (nSPS) is 10.3. The van der Waals surface area contributed by atoms with Gasteiger partial charge < -0.3 is 0 Å². The lowest BCUT2D eigenvalue weighted by Gasteiger charge is -2.06. The molecule has 5 heteroatoms. The van der Waals surface area contributed by atoms with Crippen LogP contribution in [0, 0.1) is 3.57 Å². The monoisotopic (exact) mass is 332 g/mol. The molecule has 0 saturated heterocycles. The number of rotatable bonds is 2. The van der Waals surface area contributed by atoms with Crippen LogP contribution in [0.2, 0.25) is 5.02 Å². The van der Waals surface area contributed by atoms with Gasteiger partial charge in [-0.1, -0.05) is 17.7 Å². The van der Waals surface area contributed by atoms with Crippen molar-refractivity contribution in [2.24, 2.45) is 0 Å². The smallest absolute Gasteiger partial charge is 0.152 e. The van der Waals surface area contributed by atoms with Crippen LogP contribution in [-0.4, -0.2) is 16.1 Å². The maximum absolute atomic E-state index is 10.9. The van der Waals surface area contributed by atoms with Crippen molar-refractivity contribution in [3.63, 3.8) is 0 Å². The lowest BCUT2D eigenvalue weighted by Crippen LogP contribution is -2.00. The van der Waals surface area contributed by atoms with Crippen molar-refractivity contribution in [3.05, 3.63) is 44.7 Å². The largest absolute Gasteiger partial charge is 0.298 e. The predicted molar refractivity (Wildman–Crippen MR) is 66.7 cm³/mol. The summed E-state index contributed by atoms with van der Waals surface area (Å²) in [5, 5.41) is 4.63. The molecule has 0 bridgehead atoms. The van der Waals surface area contributed by atoms with Crippen LogP contribution in [0.3, 0.4) is 0 Å². The van der Waals surface area contributed by atoms with Crippen molar-refractivity contribution in [2.45, 2.75) is 0 Å². The molecule has 0 atom stereocenters. The van der Waals surface area contributed by atoms with E-state index in [2.05, 4.69) is 27.7 Å². The Morgan fingerprint density at radius 1 is 1.47 bits per heavy atom. The zero-order valence-corrected chi connectivity index (χ0v) is 10.4. The molecular weight excluding hydrogens is 326 g/mol. The molecule has 15 heavy (non-hydrogen) atoms. The molecule has 0 spiro atoms. The molecule has 1 aromatic carbocycles. The lowest BCUT2D eigenvalue weighted by atomic mass is 10.2. The minimum absolute atomic E-state index is 0.513. The molecule has 0 radical (unpaired) electrons. The molecule has 0 aliphatic rings. The Labute approximate surface area is 105 Å². The highest BCUT2D eigenvalue weighted by molar-refractivity contribution is 14.1. The Bertz CT molecular complexity index is 510. The Kier molecular flexibility index (Phi) is 3.06. The van der Waals surface area contributed by atoms with Gasteiger partial charge in [0.2, 0.25) is 0 Å². The van der Waals surface area contributed by atoms with Crippen LogP contribution in [-0.2, 0) is 0 Å². The van der Waals surface area contributed by atoms with Crippen LogP contribution in [0.15, 0.2) is 30.6 Å². The van der Waals surface area contributed by atoms with Gasteiger partial charge in [-0.25, -0.2) is 4.68 Å². The number of carbonyl (C=O) groups excluding carboxylic acids is 1. The summed E-state index contributed by atoms with van der Waals surface area (Å²) in [5.41, 5.74) is 1.15. The average Bonchev–Trinajstić information content (AvgIpc) is 2.64. The second kappa shape index (κ2) is 4.32. The van der Waals surface area contributed by atoms with Gasteiger partial charge in [0, 0.05) is 11.8 Å². The fourth-order valence-electron chi connectivity index (χ4n) is 1.29. The Morgan fingerprint density at radius 2 is 2.27 bits per heavy atom. The van der Waals surface area contributed by atoms with Gasteiger partial charge in [0.25, 0.3) is 0 Å². The van der Waals surface area contributed by atoms with Gasteiger partial charge in [-0.05, 0) is 34.7 Å². The minimum atomic E-state index is 0.513. The number of hydrogen-bond donors (Lipinski definition) is 0. The van der Waals surface area contributed by atoms with Crippen molar-refractivity contribution < 1.29 is 4.79 Å². The van der Waals surface area contributed by atoms with Gasteiger partial charge in [-0.3, -0.25) is 4.79 Å². The Balaban J connectivity index is 2.65. The first-order valence-corrected chi connectivity index (χ1v) is 5.62. The molecule has 0 fully saturated rings. The number of nitrogens with zero attached hydrogens (tertiary/aromatic N) is 2. The number of halogens is 2.